The lowest BCUT2D eigenvalue weighted by molar-refractivity contribution is 0.102. The molecule has 0 bridgehead atoms. The van der Waals surface area contributed by atoms with E-state index >= 15 is 0 Å². The topological polar surface area (TPSA) is 9.23 Å². The maximum absolute atomic E-state index is 5.74. The Balaban J connectivity index is 2.22. The van der Waals surface area contributed by atoms with Gasteiger partial charge in [0.05, 0.1) is 0 Å². The molecule has 0 heterocycles. The van der Waals surface area contributed by atoms with Crippen LogP contribution in [0.25, 0.3) is 0 Å². The second-order valence-electron chi connectivity index (χ2n) is 7.28. The molecular formula is C18H30O. The third-order valence-corrected chi connectivity index (χ3v) is 3.64. The van der Waals surface area contributed by atoms with Crippen molar-refractivity contribution in [3.8, 4) is 0 Å². The largest absolute Gasteiger partial charge is 0.381 e. The molecule has 108 valence electrons. The fourth-order valence-electron chi connectivity index (χ4n) is 2.13. The molecule has 0 unspecified atom stereocenters. The van der Waals surface area contributed by atoms with Gasteiger partial charge in [-0.2, -0.15) is 0 Å². The van der Waals surface area contributed by atoms with E-state index in [-0.39, 0.29) is 5.41 Å². The molecule has 0 fully saturated rings. The van der Waals surface area contributed by atoms with Crippen molar-refractivity contribution in [2.45, 2.75) is 59.3 Å². The maximum Gasteiger partial charge on any atom is 0.0471 e. The second kappa shape index (κ2) is 7.09. The summed E-state index contributed by atoms with van der Waals surface area (Å²) < 4.78 is 5.74. The third-order valence-electron chi connectivity index (χ3n) is 3.64. The predicted molar refractivity (Wildman–Crippen MR) is 83.6 cm³/mol. The molecule has 1 aromatic rings. The molecule has 0 N–H and O–H groups in total. The van der Waals surface area contributed by atoms with Crippen LogP contribution >= 0.6 is 0 Å². The maximum atomic E-state index is 5.74. The monoisotopic (exact) mass is 262 g/mol. The first-order valence-electron chi connectivity index (χ1n) is 7.45. The zero-order chi connectivity index (χ0) is 14.4. The zero-order valence-corrected chi connectivity index (χ0v) is 13.3. The van der Waals surface area contributed by atoms with Crippen LogP contribution in [0, 0.1) is 5.41 Å². The van der Waals surface area contributed by atoms with Crippen molar-refractivity contribution in [3.63, 3.8) is 0 Å². The van der Waals surface area contributed by atoms with Crippen molar-refractivity contribution >= 4 is 0 Å². The molecule has 0 atom stereocenters. The lowest BCUT2D eigenvalue weighted by atomic mass is 9.81. The van der Waals surface area contributed by atoms with Crippen LogP contribution in [0.5, 0.6) is 0 Å². The number of ether oxygens (including phenoxy) is 1. The Kier molecular flexibility index (Phi) is 6.06. The zero-order valence-electron chi connectivity index (χ0n) is 13.3. The number of hydrogen-bond donors (Lipinski definition) is 0. The Morgan fingerprint density at radius 3 is 2.05 bits per heavy atom. The molecule has 0 aliphatic heterocycles. The van der Waals surface area contributed by atoms with Crippen molar-refractivity contribution in [3.05, 3.63) is 35.9 Å². The first kappa shape index (κ1) is 16.2. The number of benzene rings is 1. The van der Waals surface area contributed by atoms with Gasteiger partial charge in [-0.3, -0.25) is 0 Å². The number of hydrogen-bond acceptors (Lipinski definition) is 1. The standard InChI is InChI=1S/C18H30O/c1-17(2,3)13-15-19-14-9-12-18(4,5)16-10-7-6-8-11-16/h6-8,10-11H,9,12-15H2,1-5H3. The number of rotatable bonds is 7. The van der Waals surface area contributed by atoms with Gasteiger partial charge in [-0.15, -0.1) is 0 Å². The van der Waals surface area contributed by atoms with Crippen molar-refractivity contribution in [1.82, 2.24) is 0 Å². The van der Waals surface area contributed by atoms with Crippen LogP contribution in [-0.2, 0) is 10.2 Å². The molecule has 1 nitrogen and oxygen atoms in total. The molecule has 1 heteroatoms. The van der Waals surface area contributed by atoms with Crippen LogP contribution in [0.15, 0.2) is 30.3 Å². The molecule has 1 aromatic carbocycles. The fourth-order valence-corrected chi connectivity index (χ4v) is 2.13. The Morgan fingerprint density at radius 1 is 0.842 bits per heavy atom. The van der Waals surface area contributed by atoms with Crippen LogP contribution in [0.2, 0.25) is 0 Å². The van der Waals surface area contributed by atoms with Gasteiger partial charge < -0.3 is 4.74 Å². The SMILES string of the molecule is CC(C)(C)CCOCCCC(C)(C)c1ccccc1. The van der Waals surface area contributed by atoms with Gasteiger partial charge in [0.1, 0.15) is 0 Å². The van der Waals surface area contributed by atoms with Gasteiger partial charge in [0.15, 0.2) is 0 Å². The van der Waals surface area contributed by atoms with E-state index in [2.05, 4.69) is 65.0 Å². The molecule has 0 saturated heterocycles. The van der Waals surface area contributed by atoms with Crippen LogP contribution < -0.4 is 0 Å². The van der Waals surface area contributed by atoms with E-state index in [9.17, 15) is 0 Å². The molecule has 0 aliphatic rings. The quantitative estimate of drug-likeness (QED) is 0.614. The highest BCUT2D eigenvalue weighted by atomic mass is 16.5. The van der Waals surface area contributed by atoms with Gasteiger partial charge >= 0.3 is 0 Å². The molecule has 0 saturated carbocycles. The summed E-state index contributed by atoms with van der Waals surface area (Å²) in [6.45, 7) is 13.2. The van der Waals surface area contributed by atoms with E-state index in [4.69, 9.17) is 4.74 Å². The minimum Gasteiger partial charge on any atom is -0.381 e. The van der Waals surface area contributed by atoms with Crippen molar-refractivity contribution in [2.75, 3.05) is 13.2 Å². The van der Waals surface area contributed by atoms with Crippen LogP contribution in [0.1, 0.15) is 59.4 Å². The summed E-state index contributed by atoms with van der Waals surface area (Å²) in [7, 11) is 0. The average molecular weight is 262 g/mol. The summed E-state index contributed by atoms with van der Waals surface area (Å²) in [4.78, 5) is 0. The Hall–Kier alpha value is -0.820. The highest BCUT2D eigenvalue weighted by Gasteiger charge is 2.19. The lowest BCUT2D eigenvalue weighted by Crippen LogP contribution is -2.18. The fraction of sp³-hybridized carbons (Fsp3) is 0.667. The van der Waals surface area contributed by atoms with Gasteiger partial charge in [0.25, 0.3) is 0 Å². The smallest absolute Gasteiger partial charge is 0.0471 e. The Bertz CT molecular complexity index is 346. The summed E-state index contributed by atoms with van der Waals surface area (Å²) in [6, 6.07) is 10.8. The summed E-state index contributed by atoms with van der Waals surface area (Å²) in [5.74, 6) is 0. The van der Waals surface area contributed by atoms with Crippen molar-refractivity contribution in [2.24, 2.45) is 5.41 Å². The highest BCUT2D eigenvalue weighted by molar-refractivity contribution is 5.23. The molecule has 0 aliphatic carbocycles. The van der Waals surface area contributed by atoms with E-state index in [1.165, 1.54) is 12.0 Å². The first-order chi connectivity index (χ1) is 8.81. The molecule has 0 aromatic heterocycles. The van der Waals surface area contributed by atoms with Crippen LogP contribution in [0.4, 0.5) is 0 Å². The summed E-state index contributed by atoms with van der Waals surface area (Å²) in [5, 5.41) is 0. The summed E-state index contributed by atoms with van der Waals surface area (Å²) in [5.41, 5.74) is 2.04. The summed E-state index contributed by atoms with van der Waals surface area (Å²) in [6.07, 6.45) is 3.44. The van der Waals surface area contributed by atoms with Crippen molar-refractivity contribution in [1.29, 1.82) is 0 Å². The van der Waals surface area contributed by atoms with Crippen molar-refractivity contribution < 1.29 is 4.74 Å². The van der Waals surface area contributed by atoms with E-state index in [0.29, 0.717) is 5.41 Å². The molecule has 19 heavy (non-hydrogen) atoms. The molecular weight excluding hydrogens is 232 g/mol. The Morgan fingerprint density at radius 2 is 1.47 bits per heavy atom. The molecule has 0 spiro atoms. The summed E-state index contributed by atoms with van der Waals surface area (Å²) >= 11 is 0. The van der Waals surface area contributed by atoms with Gasteiger partial charge in [0, 0.05) is 13.2 Å². The van der Waals surface area contributed by atoms with E-state index in [0.717, 1.165) is 26.1 Å². The Labute approximate surface area is 119 Å². The van der Waals surface area contributed by atoms with Gasteiger partial charge in [0.2, 0.25) is 0 Å². The van der Waals surface area contributed by atoms with Gasteiger partial charge in [-0.25, -0.2) is 0 Å². The minimum atomic E-state index is 0.245. The minimum absolute atomic E-state index is 0.245. The molecule has 1 rings (SSSR count). The van der Waals surface area contributed by atoms with E-state index in [1.54, 1.807) is 0 Å². The van der Waals surface area contributed by atoms with Crippen LogP contribution in [0.3, 0.4) is 0 Å². The van der Waals surface area contributed by atoms with E-state index < -0.39 is 0 Å². The molecule has 0 amide bonds. The second-order valence-corrected chi connectivity index (χ2v) is 7.28. The first-order valence-corrected chi connectivity index (χ1v) is 7.45. The van der Waals surface area contributed by atoms with Gasteiger partial charge in [-0.05, 0) is 35.7 Å². The van der Waals surface area contributed by atoms with Crippen LogP contribution in [-0.4, -0.2) is 13.2 Å². The third kappa shape index (κ3) is 6.77. The lowest BCUT2D eigenvalue weighted by Gasteiger charge is -2.25. The molecule has 0 radical (unpaired) electrons. The normalized spacial score (nSPS) is 12.7. The van der Waals surface area contributed by atoms with Gasteiger partial charge in [-0.1, -0.05) is 65.0 Å². The van der Waals surface area contributed by atoms with E-state index in [1.807, 2.05) is 0 Å². The highest BCUT2D eigenvalue weighted by Crippen LogP contribution is 2.28. The average Bonchev–Trinajstić information content (AvgIpc) is 2.33. The predicted octanol–water partition coefficient (Wildman–Crippen LogP) is 5.20.